The van der Waals surface area contributed by atoms with Gasteiger partial charge in [-0.2, -0.15) is 0 Å². The zero-order chi connectivity index (χ0) is 28.1. The lowest BCUT2D eigenvalue weighted by Gasteiger charge is -2.27. The van der Waals surface area contributed by atoms with Gasteiger partial charge >= 0.3 is 0 Å². The summed E-state index contributed by atoms with van der Waals surface area (Å²) in [4.78, 5) is 25.9. The monoisotopic (exact) mass is 564 g/mol. The van der Waals surface area contributed by atoms with Crippen LogP contribution in [0.25, 0.3) is 10.9 Å². The van der Waals surface area contributed by atoms with Gasteiger partial charge in [0.15, 0.2) is 6.79 Å². The molecule has 1 fully saturated rings. The minimum atomic E-state index is -1.19. The van der Waals surface area contributed by atoms with E-state index in [4.69, 9.17) is 14.3 Å². The lowest BCUT2D eigenvalue weighted by atomic mass is 9.99. The topological polar surface area (TPSA) is 69.1 Å². The molecule has 0 radical (unpaired) electrons. The maximum Gasteiger partial charge on any atom is 0.296 e. The Kier molecular flexibility index (Phi) is 8.98. The summed E-state index contributed by atoms with van der Waals surface area (Å²) in [7, 11) is -1.19. The first-order valence-electron chi connectivity index (χ1n) is 13.9. The Hall–Kier alpha value is -3.07. The van der Waals surface area contributed by atoms with Crippen LogP contribution < -0.4 is 0 Å². The minimum absolute atomic E-state index is 0.0418. The van der Waals surface area contributed by atoms with Gasteiger partial charge in [0.05, 0.1) is 43.6 Å². The van der Waals surface area contributed by atoms with E-state index in [2.05, 4.69) is 45.9 Å². The number of ether oxygens (including phenoxy) is 2. The highest BCUT2D eigenvalue weighted by Crippen LogP contribution is 2.30. The second kappa shape index (κ2) is 12.6. The average molecular weight is 565 g/mol. The molecule has 1 aromatic carbocycles. The molecular weight excluding hydrogens is 527 g/mol. The summed E-state index contributed by atoms with van der Waals surface area (Å²) in [6.07, 6.45) is 4.34. The zero-order valence-electron chi connectivity index (χ0n) is 23.5. The molecule has 0 bridgehead atoms. The molecule has 3 aromatic rings. The van der Waals surface area contributed by atoms with Crippen LogP contribution in [-0.4, -0.2) is 86.3 Å². The molecule has 1 amide bonds. The van der Waals surface area contributed by atoms with Crippen molar-refractivity contribution in [1.82, 2.24) is 19.5 Å². The van der Waals surface area contributed by atoms with E-state index in [-0.39, 0.29) is 18.5 Å². The Balaban J connectivity index is 1.39. The van der Waals surface area contributed by atoms with Crippen LogP contribution in [0.3, 0.4) is 0 Å². The number of pyridine rings is 1. The number of hydrogen-bond donors (Lipinski definition) is 0. The van der Waals surface area contributed by atoms with E-state index in [1.165, 1.54) is 17.2 Å². The van der Waals surface area contributed by atoms with E-state index >= 15 is 0 Å². The van der Waals surface area contributed by atoms with Crippen molar-refractivity contribution in [3.63, 3.8) is 0 Å². The van der Waals surface area contributed by atoms with Gasteiger partial charge < -0.3 is 14.0 Å². The Morgan fingerprint density at radius 2 is 1.90 bits per heavy atom. The lowest BCUT2D eigenvalue weighted by molar-refractivity contribution is -0.195. The molecule has 8 nitrogen and oxygen atoms in total. The van der Waals surface area contributed by atoms with Crippen molar-refractivity contribution in [2.45, 2.75) is 38.7 Å². The van der Waals surface area contributed by atoms with Crippen molar-refractivity contribution in [2.75, 3.05) is 52.8 Å². The number of fused-ring (bicyclic) bond motifs is 3. The predicted molar refractivity (Wildman–Crippen MR) is 154 cm³/mol. The van der Waals surface area contributed by atoms with Crippen molar-refractivity contribution >= 4 is 24.9 Å². The second-order valence-electron chi connectivity index (χ2n) is 11.5. The van der Waals surface area contributed by atoms with Crippen molar-refractivity contribution in [1.29, 1.82) is 0 Å². The molecule has 0 N–H and O–H groups in total. The number of carbonyl (C=O) groups excluding carboxylic acids is 1. The number of aromatic nitrogens is 2. The number of rotatable bonds is 9. The van der Waals surface area contributed by atoms with Gasteiger partial charge in [-0.05, 0) is 35.7 Å². The summed E-state index contributed by atoms with van der Waals surface area (Å²) >= 11 is 0. The summed E-state index contributed by atoms with van der Waals surface area (Å²) in [6, 6.07) is 7.53. The number of amides is 1. The van der Waals surface area contributed by atoms with Crippen LogP contribution in [0, 0.1) is 17.7 Å². The first-order chi connectivity index (χ1) is 19.3. The maximum atomic E-state index is 13.5. The molecule has 0 unspecified atom stereocenters. The van der Waals surface area contributed by atoms with E-state index < -0.39 is 8.07 Å². The van der Waals surface area contributed by atoms with Crippen LogP contribution in [0.4, 0.5) is 4.39 Å². The molecule has 2 aliphatic heterocycles. The third-order valence-electron chi connectivity index (χ3n) is 7.20. The van der Waals surface area contributed by atoms with E-state index in [0.717, 1.165) is 59.9 Å². The van der Waals surface area contributed by atoms with Crippen molar-refractivity contribution in [3.8, 4) is 11.8 Å². The normalized spacial score (nSPS) is 16.2. The van der Waals surface area contributed by atoms with Gasteiger partial charge in [-0.15, -0.1) is 0 Å². The molecule has 5 rings (SSSR count). The van der Waals surface area contributed by atoms with Crippen molar-refractivity contribution in [3.05, 3.63) is 64.9 Å². The third kappa shape index (κ3) is 6.97. The minimum Gasteiger partial charge on any atom is -0.379 e. The summed E-state index contributed by atoms with van der Waals surface area (Å²) in [5.41, 5.74) is 4.00. The van der Waals surface area contributed by atoms with Gasteiger partial charge in [-0.3, -0.25) is 9.69 Å². The van der Waals surface area contributed by atoms with E-state index in [1.807, 2.05) is 6.20 Å². The fourth-order valence-electron chi connectivity index (χ4n) is 4.89. The Labute approximate surface area is 236 Å². The quantitative estimate of drug-likeness (QED) is 0.168. The van der Waals surface area contributed by atoms with Crippen molar-refractivity contribution < 1.29 is 23.5 Å². The van der Waals surface area contributed by atoms with Crippen LogP contribution >= 0.6 is 0 Å². The Bertz CT molecular complexity index is 1400. The van der Waals surface area contributed by atoms with E-state index in [1.54, 1.807) is 18.3 Å². The van der Waals surface area contributed by atoms with Gasteiger partial charge in [0.1, 0.15) is 11.5 Å². The number of hydrogen-bond acceptors (Lipinski definition) is 6. The number of hydroxylamine groups is 2. The molecule has 4 heterocycles. The summed E-state index contributed by atoms with van der Waals surface area (Å²) < 4.78 is 26.7. The number of morpholine rings is 1. The molecule has 212 valence electrons. The molecule has 1 saturated heterocycles. The molecule has 40 heavy (non-hydrogen) atoms. The molecule has 0 saturated carbocycles. The van der Waals surface area contributed by atoms with Crippen LogP contribution in [0.15, 0.2) is 36.7 Å². The second-order valence-corrected chi connectivity index (χ2v) is 17.1. The van der Waals surface area contributed by atoms with Gasteiger partial charge in [0, 0.05) is 45.9 Å². The van der Waals surface area contributed by atoms with Gasteiger partial charge in [-0.25, -0.2) is 19.3 Å². The summed E-state index contributed by atoms with van der Waals surface area (Å²) in [6.45, 7) is 12.3. The molecule has 10 heteroatoms. The molecular formula is C30H37FN4O4Si. The van der Waals surface area contributed by atoms with Gasteiger partial charge in [0.25, 0.3) is 5.91 Å². The van der Waals surface area contributed by atoms with Crippen LogP contribution in [0.5, 0.6) is 0 Å². The first-order valence-corrected chi connectivity index (χ1v) is 17.6. The number of carbonyl (C=O) groups is 1. The fourth-order valence-corrected chi connectivity index (χ4v) is 5.65. The average Bonchev–Trinajstić information content (AvgIpc) is 3.28. The van der Waals surface area contributed by atoms with Gasteiger partial charge in [0.2, 0.25) is 0 Å². The number of benzene rings is 1. The van der Waals surface area contributed by atoms with Crippen LogP contribution in [-0.2, 0) is 27.3 Å². The highest BCUT2D eigenvalue weighted by Gasteiger charge is 2.30. The maximum absolute atomic E-state index is 13.5. The Morgan fingerprint density at radius 3 is 2.65 bits per heavy atom. The molecule has 0 aliphatic carbocycles. The zero-order valence-corrected chi connectivity index (χ0v) is 24.5. The Morgan fingerprint density at radius 1 is 1.12 bits per heavy atom. The molecule has 2 aromatic heterocycles. The van der Waals surface area contributed by atoms with E-state index in [0.29, 0.717) is 38.4 Å². The van der Waals surface area contributed by atoms with E-state index in [9.17, 15) is 9.18 Å². The SMILES string of the molecule is C[Si](C)(C)CCOCON1CCc2c(ncc3c2c(C#CCN2CCOCC2)cn3Cc2ccc(F)cc2)C1=O. The number of halogens is 1. The third-order valence-corrected chi connectivity index (χ3v) is 8.91. The number of nitrogens with zero attached hydrogens (tertiary/aromatic N) is 4. The molecule has 2 aliphatic rings. The fraction of sp³-hybridized carbons (Fsp3) is 0.467. The highest BCUT2D eigenvalue weighted by atomic mass is 28.3. The summed E-state index contributed by atoms with van der Waals surface area (Å²) in [5, 5.41) is 2.30. The van der Waals surface area contributed by atoms with Crippen LogP contribution in [0.1, 0.15) is 27.2 Å². The lowest BCUT2D eigenvalue weighted by Crippen LogP contribution is -2.39. The predicted octanol–water partition coefficient (Wildman–Crippen LogP) is 4.15. The summed E-state index contributed by atoms with van der Waals surface area (Å²) in [5.74, 6) is 6.17. The van der Waals surface area contributed by atoms with Gasteiger partial charge in [-0.1, -0.05) is 43.6 Å². The highest BCUT2D eigenvalue weighted by molar-refractivity contribution is 6.76. The van der Waals surface area contributed by atoms with Crippen LogP contribution in [0.2, 0.25) is 25.7 Å². The largest absolute Gasteiger partial charge is 0.379 e. The first kappa shape index (κ1) is 28.5. The van der Waals surface area contributed by atoms with Crippen molar-refractivity contribution in [2.24, 2.45) is 0 Å². The molecule has 0 spiro atoms. The standard InChI is InChI=1S/C30H37FN4O4Si/c1-40(2,3)18-17-38-22-39-35-12-10-26-28-24(5-4-11-33-13-15-37-16-14-33)21-34(20-23-6-8-25(31)9-7-23)27(28)19-32-29(26)30(35)36/h6-9,19,21H,10-18,20,22H2,1-3H3. The molecule has 0 atom stereocenters. The smallest absolute Gasteiger partial charge is 0.296 e.